The topological polar surface area (TPSA) is 0 Å². The van der Waals surface area contributed by atoms with E-state index < -0.39 is 0 Å². The molecular formula is C17H17Cl2FS. The Bertz CT molecular complexity index is 641. The lowest BCUT2D eigenvalue weighted by molar-refractivity contribution is 0.605. The molecule has 4 heteroatoms. The summed E-state index contributed by atoms with van der Waals surface area (Å²) in [5.74, 6) is 0.853. The third-order valence-corrected chi connectivity index (χ3v) is 5.09. The molecule has 0 saturated heterocycles. The molecule has 0 aliphatic carbocycles. The van der Waals surface area contributed by atoms with Crippen LogP contribution >= 0.6 is 35.0 Å². The van der Waals surface area contributed by atoms with Gasteiger partial charge in [0.15, 0.2) is 0 Å². The van der Waals surface area contributed by atoms with Crippen LogP contribution in [-0.4, -0.2) is 5.75 Å². The third-order valence-electron chi connectivity index (χ3n) is 3.31. The molecule has 0 spiro atoms. The summed E-state index contributed by atoms with van der Waals surface area (Å²) in [6, 6.07) is 9.15. The molecule has 0 nitrogen and oxygen atoms in total. The van der Waals surface area contributed by atoms with Crippen molar-refractivity contribution in [1.29, 1.82) is 0 Å². The first kappa shape index (κ1) is 16.7. The van der Waals surface area contributed by atoms with Gasteiger partial charge in [-0.25, -0.2) is 4.39 Å². The Hall–Kier alpha value is -0.700. The lowest BCUT2D eigenvalue weighted by atomic mass is 10.0. The van der Waals surface area contributed by atoms with Crippen molar-refractivity contribution in [2.24, 2.45) is 0 Å². The molecule has 2 rings (SSSR count). The van der Waals surface area contributed by atoms with Crippen LogP contribution in [0, 0.1) is 12.7 Å². The highest BCUT2D eigenvalue weighted by atomic mass is 35.5. The van der Waals surface area contributed by atoms with Crippen molar-refractivity contribution >= 4 is 35.0 Å². The fraction of sp³-hybridized carbons (Fsp3) is 0.294. The van der Waals surface area contributed by atoms with Gasteiger partial charge in [-0.3, -0.25) is 0 Å². The summed E-state index contributed by atoms with van der Waals surface area (Å²) in [6.45, 7) is 4.05. The van der Waals surface area contributed by atoms with Crippen LogP contribution in [-0.2, 0) is 12.8 Å². The Balaban J connectivity index is 2.15. The number of hydrogen-bond donors (Lipinski definition) is 0. The summed E-state index contributed by atoms with van der Waals surface area (Å²) in [7, 11) is 0. The van der Waals surface area contributed by atoms with E-state index in [2.05, 4.69) is 6.92 Å². The maximum absolute atomic E-state index is 14.1. The van der Waals surface area contributed by atoms with Crippen LogP contribution in [0.3, 0.4) is 0 Å². The van der Waals surface area contributed by atoms with E-state index in [-0.39, 0.29) is 5.82 Å². The van der Waals surface area contributed by atoms with E-state index in [1.165, 1.54) is 0 Å². The smallest absolute Gasteiger partial charge is 0.126 e. The Kier molecular flexibility index (Phi) is 5.98. The Morgan fingerprint density at radius 2 is 1.81 bits per heavy atom. The van der Waals surface area contributed by atoms with Gasteiger partial charge in [-0.1, -0.05) is 36.2 Å². The largest absolute Gasteiger partial charge is 0.207 e. The van der Waals surface area contributed by atoms with Crippen LogP contribution < -0.4 is 0 Å². The fourth-order valence-corrected chi connectivity index (χ4v) is 3.32. The molecule has 0 radical (unpaired) electrons. The van der Waals surface area contributed by atoms with Crippen molar-refractivity contribution in [2.75, 3.05) is 5.75 Å². The minimum Gasteiger partial charge on any atom is -0.207 e. The second kappa shape index (κ2) is 7.53. The predicted octanol–water partition coefficient (Wildman–Crippen LogP) is 6.34. The summed E-state index contributed by atoms with van der Waals surface area (Å²) in [5.41, 5.74) is 2.81. The Labute approximate surface area is 139 Å². The molecule has 0 N–H and O–H groups in total. The number of aryl methyl sites for hydroxylation is 3. The molecule has 0 aliphatic heterocycles. The standard InChI is InChI=1S/C17H17Cl2FS/c1-3-21-17-10-13(16(20)8-11(17)2)6-4-12-5-7-14(18)15(19)9-12/h5,7-10H,3-4,6H2,1-2H3. The lowest BCUT2D eigenvalue weighted by Crippen LogP contribution is -1.97. The molecular weight excluding hydrogens is 326 g/mol. The van der Waals surface area contributed by atoms with Crippen LogP contribution in [0.25, 0.3) is 0 Å². The average Bonchev–Trinajstić information content (AvgIpc) is 2.44. The zero-order valence-corrected chi connectivity index (χ0v) is 14.4. The number of hydrogen-bond acceptors (Lipinski definition) is 1. The fourth-order valence-electron chi connectivity index (χ4n) is 2.17. The van der Waals surface area contributed by atoms with Gasteiger partial charge in [0.2, 0.25) is 0 Å². The van der Waals surface area contributed by atoms with Gasteiger partial charge in [0.25, 0.3) is 0 Å². The molecule has 21 heavy (non-hydrogen) atoms. The highest BCUT2D eigenvalue weighted by molar-refractivity contribution is 7.99. The number of rotatable bonds is 5. The van der Waals surface area contributed by atoms with Gasteiger partial charge in [-0.15, -0.1) is 11.8 Å². The zero-order chi connectivity index (χ0) is 15.4. The van der Waals surface area contributed by atoms with Crippen molar-refractivity contribution in [3.8, 4) is 0 Å². The van der Waals surface area contributed by atoms with E-state index in [1.54, 1.807) is 23.9 Å². The van der Waals surface area contributed by atoms with E-state index in [0.29, 0.717) is 16.5 Å². The average molecular weight is 343 g/mol. The van der Waals surface area contributed by atoms with Crippen LogP contribution in [0.5, 0.6) is 0 Å². The Morgan fingerprint density at radius 1 is 1.05 bits per heavy atom. The summed E-state index contributed by atoms with van der Waals surface area (Å²) in [6.07, 6.45) is 1.40. The van der Waals surface area contributed by atoms with Crippen molar-refractivity contribution < 1.29 is 4.39 Å². The molecule has 0 atom stereocenters. The SMILES string of the molecule is CCSc1cc(CCc2ccc(Cl)c(Cl)c2)c(F)cc1C. The van der Waals surface area contributed by atoms with Gasteiger partial charge in [0.05, 0.1) is 10.0 Å². The van der Waals surface area contributed by atoms with Crippen LogP contribution in [0.2, 0.25) is 10.0 Å². The first-order chi connectivity index (χ1) is 10.0. The molecule has 0 amide bonds. The number of thioether (sulfide) groups is 1. The monoisotopic (exact) mass is 342 g/mol. The summed E-state index contributed by atoms with van der Waals surface area (Å²) in [4.78, 5) is 1.16. The summed E-state index contributed by atoms with van der Waals surface area (Å²) >= 11 is 13.7. The quantitative estimate of drug-likeness (QED) is 0.571. The predicted molar refractivity (Wildman–Crippen MR) is 91.4 cm³/mol. The van der Waals surface area contributed by atoms with Crippen molar-refractivity contribution in [1.82, 2.24) is 0 Å². The first-order valence-electron chi connectivity index (χ1n) is 6.87. The minimum absolute atomic E-state index is 0.131. The minimum atomic E-state index is -0.131. The molecule has 0 aliphatic rings. The molecule has 0 unspecified atom stereocenters. The van der Waals surface area contributed by atoms with Gasteiger partial charge in [-0.05, 0) is 66.5 Å². The maximum Gasteiger partial charge on any atom is 0.126 e. The molecule has 0 aromatic heterocycles. The van der Waals surface area contributed by atoms with E-state index in [1.807, 2.05) is 25.1 Å². The molecule has 0 bridgehead atoms. The summed E-state index contributed by atoms with van der Waals surface area (Å²) < 4.78 is 14.1. The zero-order valence-electron chi connectivity index (χ0n) is 12.1. The van der Waals surface area contributed by atoms with Gasteiger partial charge in [-0.2, -0.15) is 0 Å². The third kappa shape index (κ3) is 4.38. The van der Waals surface area contributed by atoms with Gasteiger partial charge < -0.3 is 0 Å². The lowest BCUT2D eigenvalue weighted by Gasteiger charge is -2.10. The van der Waals surface area contributed by atoms with Gasteiger partial charge in [0.1, 0.15) is 5.82 Å². The molecule has 112 valence electrons. The van der Waals surface area contributed by atoms with Gasteiger partial charge in [0, 0.05) is 4.90 Å². The molecule has 0 saturated carbocycles. The van der Waals surface area contributed by atoms with Crippen molar-refractivity contribution in [3.05, 3.63) is 62.9 Å². The maximum atomic E-state index is 14.1. The van der Waals surface area contributed by atoms with E-state index >= 15 is 0 Å². The van der Waals surface area contributed by atoms with Crippen molar-refractivity contribution in [2.45, 2.75) is 31.6 Å². The number of halogens is 3. The second-order valence-corrected chi connectivity index (χ2v) is 7.01. The summed E-state index contributed by atoms with van der Waals surface area (Å²) in [5, 5.41) is 1.09. The highest BCUT2D eigenvalue weighted by Gasteiger charge is 2.08. The molecule has 0 heterocycles. The van der Waals surface area contributed by atoms with Crippen molar-refractivity contribution in [3.63, 3.8) is 0 Å². The second-order valence-electron chi connectivity index (χ2n) is 4.89. The first-order valence-corrected chi connectivity index (χ1v) is 8.61. The van der Waals surface area contributed by atoms with Gasteiger partial charge >= 0.3 is 0 Å². The molecule has 2 aromatic rings. The van der Waals surface area contributed by atoms with E-state index in [4.69, 9.17) is 23.2 Å². The van der Waals surface area contributed by atoms with Crippen LogP contribution in [0.4, 0.5) is 4.39 Å². The Morgan fingerprint density at radius 3 is 2.48 bits per heavy atom. The van der Waals surface area contributed by atoms with E-state index in [0.717, 1.165) is 33.8 Å². The van der Waals surface area contributed by atoms with E-state index in [9.17, 15) is 4.39 Å². The molecule has 2 aromatic carbocycles. The van der Waals surface area contributed by atoms with Crippen LogP contribution in [0.15, 0.2) is 35.2 Å². The number of benzene rings is 2. The molecule has 0 fully saturated rings. The van der Waals surface area contributed by atoms with Crippen LogP contribution in [0.1, 0.15) is 23.6 Å². The highest BCUT2D eigenvalue weighted by Crippen LogP contribution is 2.27. The normalized spacial score (nSPS) is 10.9.